The number of aromatic nitrogens is 2. The number of likely N-dealkylation sites (tertiary alicyclic amines) is 1. The van der Waals surface area contributed by atoms with Crippen LogP contribution < -0.4 is 0 Å². The molecule has 0 spiro atoms. The zero-order valence-electron chi connectivity index (χ0n) is 13.4. The lowest BCUT2D eigenvalue weighted by Crippen LogP contribution is -2.34. The van der Waals surface area contributed by atoms with Crippen LogP contribution in [0.2, 0.25) is 0 Å². The first-order valence-electron chi connectivity index (χ1n) is 8.42. The fourth-order valence-electron chi connectivity index (χ4n) is 3.80. The van der Waals surface area contributed by atoms with Gasteiger partial charge in [-0.05, 0) is 38.9 Å². The topological polar surface area (TPSA) is 45.4 Å². The van der Waals surface area contributed by atoms with Crippen molar-refractivity contribution in [1.82, 2.24) is 19.9 Å². The van der Waals surface area contributed by atoms with Crippen molar-refractivity contribution in [2.45, 2.75) is 58.0 Å². The molecule has 2 fully saturated rings. The lowest BCUT2D eigenvalue weighted by Gasteiger charge is -2.23. The minimum Gasteiger partial charge on any atom is -0.340 e. The fraction of sp³-hybridized carbons (Fsp3) is 0.875. The molecule has 21 heavy (non-hydrogen) atoms. The molecule has 0 N–H and O–H groups in total. The van der Waals surface area contributed by atoms with Gasteiger partial charge >= 0.3 is 0 Å². The van der Waals surface area contributed by atoms with Gasteiger partial charge in [0.1, 0.15) is 0 Å². The normalized spacial score (nSPS) is 24.4. The molecule has 1 saturated carbocycles. The van der Waals surface area contributed by atoms with Gasteiger partial charge in [0.15, 0.2) is 5.82 Å². The number of nitrogens with zero attached hydrogens (tertiary/aromatic N) is 4. The number of hydrogen-bond acceptors (Lipinski definition) is 5. The SMILES string of the molecule is Cc1nc(CN(C)[C@H]2CCN(CCC3CCCC3)C2)no1. The Morgan fingerprint density at radius 1 is 1.29 bits per heavy atom. The number of hydrogen-bond donors (Lipinski definition) is 0. The van der Waals surface area contributed by atoms with Crippen molar-refractivity contribution in [2.24, 2.45) is 5.92 Å². The van der Waals surface area contributed by atoms with E-state index in [1.165, 1.54) is 58.2 Å². The van der Waals surface area contributed by atoms with Crippen LogP contribution >= 0.6 is 0 Å². The molecule has 1 aliphatic heterocycles. The Morgan fingerprint density at radius 3 is 2.81 bits per heavy atom. The Hall–Kier alpha value is -0.940. The van der Waals surface area contributed by atoms with Crippen LogP contribution in [0.25, 0.3) is 0 Å². The van der Waals surface area contributed by atoms with Crippen molar-refractivity contribution in [3.63, 3.8) is 0 Å². The summed E-state index contributed by atoms with van der Waals surface area (Å²) in [5.74, 6) is 2.46. The second-order valence-electron chi connectivity index (χ2n) is 6.83. The first-order chi connectivity index (χ1) is 10.2. The van der Waals surface area contributed by atoms with E-state index in [4.69, 9.17) is 4.52 Å². The zero-order chi connectivity index (χ0) is 14.7. The van der Waals surface area contributed by atoms with E-state index in [1.54, 1.807) is 0 Å². The summed E-state index contributed by atoms with van der Waals surface area (Å²) in [7, 11) is 2.18. The van der Waals surface area contributed by atoms with Crippen LogP contribution in [0.5, 0.6) is 0 Å². The highest BCUT2D eigenvalue weighted by molar-refractivity contribution is 4.88. The summed E-state index contributed by atoms with van der Waals surface area (Å²) in [4.78, 5) is 9.31. The third-order valence-corrected chi connectivity index (χ3v) is 5.16. The summed E-state index contributed by atoms with van der Waals surface area (Å²) >= 11 is 0. The Bertz CT molecular complexity index is 441. The Balaban J connectivity index is 1.40. The highest BCUT2D eigenvalue weighted by Gasteiger charge is 2.27. The highest BCUT2D eigenvalue weighted by Crippen LogP contribution is 2.28. The Morgan fingerprint density at radius 2 is 2.10 bits per heavy atom. The lowest BCUT2D eigenvalue weighted by molar-refractivity contribution is 0.214. The number of rotatable bonds is 6. The molecule has 0 aromatic carbocycles. The van der Waals surface area contributed by atoms with Crippen molar-refractivity contribution in [2.75, 3.05) is 26.7 Å². The Kier molecular flexibility index (Phi) is 4.91. The summed E-state index contributed by atoms with van der Waals surface area (Å²) in [6.07, 6.45) is 8.52. The lowest BCUT2D eigenvalue weighted by atomic mass is 10.0. The molecular weight excluding hydrogens is 264 g/mol. The molecule has 1 aliphatic carbocycles. The maximum Gasteiger partial charge on any atom is 0.223 e. The molecule has 1 aromatic rings. The second kappa shape index (κ2) is 6.88. The Labute approximate surface area is 127 Å². The summed E-state index contributed by atoms with van der Waals surface area (Å²) in [6.45, 7) is 6.36. The maximum absolute atomic E-state index is 5.05. The van der Waals surface area contributed by atoms with Crippen molar-refractivity contribution < 1.29 is 4.52 Å². The van der Waals surface area contributed by atoms with Crippen LogP contribution in [0.15, 0.2) is 4.52 Å². The quantitative estimate of drug-likeness (QED) is 0.806. The van der Waals surface area contributed by atoms with Crippen LogP contribution in [0.4, 0.5) is 0 Å². The molecule has 1 atom stereocenters. The second-order valence-corrected chi connectivity index (χ2v) is 6.83. The van der Waals surface area contributed by atoms with E-state index in [0.717, 1.165) is 18.3 Å². The van der Waals surface area contributed by atoms with Crippen LogP contribution in [0, 0.1) is 12.8 Å². The van der Waals surface area contributed by atoms with Gasteiger partial charge in [-0.2, -0.15) is 4.98 Å². The molecule has 5 nitrogen and oxygen atoms in total. The smallest absolute Gasteiger partial charge is 0.223 e. The predicted octanol–water partition coefficient (Wildman–Crippen LogP) is 2.46. The third kappa shape index (κ3) is 4.04. The summed E-state index contributed by atoms with van der Waals surface area (Å²) in [5, 5.41) is 3.99. The van der Waals surface area contributed by atoms with E-state index in [1.807, 2.05) is 6.92 Å². The van der Waals surface area contributed by atoms with Crippen molar-refractivity contribution >= 4 is 0 Å². The molecule has 0 unspecified atom stereocenters. The van der Waals surface area contributed by atoms with Crippen LogP contribution in [-0.4, -0.2) is 52.7 Å². The summed E-state index contributed by atoms with van der Waals surface area (Å²) in [5.41, 5.74) is 0. The van der Waals surface area contributed by atoms with Gasteiger partial charge in [0.2, 0.25) is 5.89 Å². The summed E-state index contributed by atoms with van der Waals surface area (Å²) in [6, 6.07) is 0.632. The number of likely N-dealkylation sites (N-methyl/N-ethyl adjacent to an activating group) is 1. The van der Waals surface area contributed by atoms with Gasteiger partial charge in [-0.25, -0.2) is 0 Å². The van der Waals surface area contributed by atoms with Crippen molar-refractivity contribution in [1.29, 1.82) is 0 Å². The minimum atomic E-state index is 0.632. The van der Waals surface area contributed by atoms with Gasteiger partial charge in [-0.3, -0.25) is 4.90 Å². The first-order valence-corrected chi connectivity index (χ1v) is 8.42. The molecule has 0 amide bonds. The van der Waals surface area contributed by atoms with E-state index in [-0.39, 0.29) is 0 Å². The van der Waals surface area contributed by atoms with E-state index < -0.39 is 0 Å². The largest absolute Gasteiger partial charge is 0.340 e. The monoisotopic (exact) mass is 292 g/mol. The van der Waals surface area contributed by atoms with Gasteiger partial charge in [0.05, 0.1) is 6.54 Å². The van der Waals surface area contributed by atoms with Crippen LogP contribution in [0.1, 0.15) is 50.2 Å². The molecule has 5 heteroatoms. The van der Waals surface area contributed by atoms with Crippen molar-refractivity contribution in [3.05, 3.63) is 11.7 Å². The molecule has 3 rings (SSSR count). The van der Waals surface area contributed by atoms with Crippen LogP contribution in [0.3, 0.4) is 0 Å². The van der Waals surface area contributed by atoms with Gasteiger partial charge in [-0.1, -0.05) is 30.8 Å². The van der Waals surface area contributed by atoms with Gasteiger partial charge in [0, 0.05) is 19.5 Å². The van der Waals surface area contributed by atoms with E-state index in [0.29, 0.717) is 11.9 Å². The summed E-state index contributed by atoms with van der Waals surface area (Å²) < 4.78 is 5.05. The molecule has 2 heterocycles. The standard InChI is InChI=1S/C16H28N4O/c1-13-17-16(18-21-13)12-19(2)15-8-10-20(11-15)9-7-14-5-3-4-6-14/h14-15H,3-12H2,1-2H3/t15-/m0/s1. The molecule has 1 aromatic heterocycles. The zero-order valence-corrected chi connectivity index (χ0v) is 13.4. The molecule has 118 valence electrons. The van der Waals surface area contributed by atoms with Crippen molar-refractivity contribution in [3.8, 4) is 0 Å². The molecular formula is C16H28N4O. The van der Waals surface area contributed by atoms with Gasteiger partial charge in [-0.15, -0.1) is 0 Å². The van der Waals surface area contributed by atoms with E-state index >= 15 is 0 Å². The predicted molar refractivity (Wildman–Crippen MR) is 81.9 cm³/mol. The minimum absolute atomic E-state index is 0.632. The van der Waals surface area contributed by atoms with E-state index in [2.05, 4.69) is 27.0 Å². The van der Waals surface area contributed by atoms with E-state index in [9.17, 15) is 0 Å². The molecule has 0 radical (unpaired) electrons. The maximum atomic E-state index is 5.05. The average molecular weight is 292 g/mol. The van der Waals surface area contributed by atoms with Crippen LogP contribution in [-0.2, 0) is 6.54 Å². The molecule has 1 saturated heterocycles. The molecule has 0 bridgehead atoms. The number of aryl methyl sites for hydroxylation is 1. The van der Waals surface area contributed by atoms with Gasteiger partial charge in [0.25, 0.3) is 0 Å². The first kappa shape index (κ1) is 15.0. The fourth-order valence-corrected chi connectivity index (χ4v) is 3.80. The average Bonchev–Trinajstić information content (AvgIpc) is 3.17. The van der Waals surface area contributed by atoms with Gasteiger partial charge < -0.3 is 9.42 Å². The molecule has 2 aliphatic rings. The third-order valence-electron chi connectivity index (χ3n) is 5.16. The highest BCUT2D eigenvalue weighted by atomic mass is 16.5.